The molecule has 12 heavy (non-hydrogen) atoms. The molecular weight excluding hydrogens is 211 g/mol. The van der Waals surface area contributed by atoms with Gasteiger partial charge in [0.05, 0.1) is 7.11 Å². The quantitative estimate of drug-likeness (QED) is 0.516. The van der Waals surface area contributed by atoms with Gasteiger partial charge >= 0.3 is 13.6 Å². The maximum Gasteiger partial charge on any atom is 0.341 e. The molecule has 0 unspecified atom stereocenters. The van der Waals surface area contributed by atoms with E-state index in [1.165, 1.54) is 21.3 Å². The third-order valence-electron chi connectivity index (χ3n) is 1.11. The Morgan fingerprint density at radius 1 is 1.25 bits per heavy atom. The number of carbonyl (C=O) groups is 1. The van der Waals surface area contributed by atoms with Crippen molar-refractivity contribution < 1.29 is 60.9 Å². The maximum atomic E-state index is 11.2. The molecule has 0 saturated heterocycles. The van der Waals surface area contributed by atoms with E-state index in [-0.39, 0.29) is 43.9 Å². The molecule has 0 heterocycles. The molecule has 0 aromatic carbocycles. The van der Waals surface area contributed by atoms with Gasteiger partial charge in [0.1, 0.15) is 6.16 Å². The van der Waals surface area contributed by atoms with Gasteiger partial charge in [0, 0.05) is 52.0 Å². The van der Waals surface area contributed by atoms with Crippen LogP contribution in [-0.2, 0) is 23.1 Å². The Bertz CT molecular complexity index is 175. The average molecular weight is 222 g/mol. The van der Waals surface area contributed by atoms with Crippen LogP contribution in [0.2, 0.25) is 0 Å². The predicted octanol–water partition coefficient (Wildman–Crippen LogP) is 0.645. The molecule has 0 atom stereocenters. The van der Waals surface area contributed by atoms with Crippen molar-refractivity contribution in [2.45, 2.75) is 0 Å². The minimum atomic E-state index is -3.23. The number of hydrogen-bond donors (Lipinski definition) is 0. The molecule has 0 rings (SSSR count). The molecule has 0 aliphatic heterocycles. The smallest absolute Gasteiger partial charge is 0.341 e. The van der Waals surface area contributed by atoms with Crippen LogP contribution in [0.4, 0.5) is 0 Å². The zero-order valence-corrected chi connectivity index (χ0v) is 8.65. The molecule has 0 fully saturated rings. The molecule has 0 N–H and O–H groups in total. The number of ether oxygens (including phenoxy) is 1. The Kier molecular flexibility index (Phi) is 9.34. The van der Waals surface area contributed by atoms with Gasteiger partial charge in [0.2, 0.25) is 0 Å². The zero-order chi connectivity index (χ0) is 8.91. The van der Waals surface area contributed by atoms with Crippen molar-refractivity contribution in [2.75, 3.05) is 27.5 Å². The normalized spacial score (nSPS) is 10.2. The average Bonchev–Trinajstić information content (AvgIpc) is 2.04. The summed E-state index contributed by atoms with van der Waals surface area (Å²) in [5.41, 5.74) is 0. The monoisotopic (exact) mass is 222 g/mol. The molecule has 0 aromatic heterocycles. The van der Waals surface area contributed by atoms with Gasteiger partial charge in [-0.15, -0.1) is 0 Å². The van der Waals surface area contributed by atoms with Crippen LogP contribution >= 0.6 is 7.60 Å². The van der Waals surface area contributed by atoms with E-state index in [0.717, 1.165) is 0 Å². The first kappa shape index (κ1) is 15.4. The van der Waals surface area contributed by atoms with Crippen molar-refractivity contribution in [2.24, 2.45) is 0 Å². The second-order valence-corrected chi connectivity index (χ2v) is 3.98. The fourth-order valence-electron chi connectivity index (χ4n) is 0.426. The Labute approximate surface area is 101 Å². The molecule has 0 radical (unpaired) electrons. The first-order valence-electron chi connectivity index (χ1n) is 2.85. The van der Waals surface area contributed by atoms with E-state index in [1.807, 2.05) is 0 Å². The molecule has 0 saturated carbocycles. The second kappa shape index (κ2) is 7.30. The van der Waals surface area contributed by atoms with Crippen molar-refractivity contribution >= 4 is 13.6 Å². The largest absolute Gasteiger partial charge is 0.469 e. The van der Waals surface area contributed by atoms with Crippen molar-refractivity contribution in [3.63, 3.8) is 0 Å². The SMILES string of the molecule is COC(=O)CP(=O)(OC)OC.[Ar]. The van der Waals surface area contributed by atoms with Gasteiger partial charge in [0.25, 0.3) is 0 Å². The first-order valence-corrected chi connectivity index (χ1v) is 4.58. The number of esters is 1. The predicted molar refractivity (Wildman–Crippen MR) is 38.5 cm³/mol. The van der Waals surface area contributed by atoms with Crippen LogP contribution in [-0.4, -0.2) is 33.5 Å². The van der Waals surface area contributed by atoms with E-state index in [4.69, 9.17) is 0 Å². The Morgan fingerprint density at radius 3 is 1.92 bits per heavy atom. The number of methoxy groups -OCH3 is 1. The Balaban J connectivity index is 0. The van der Waals surface area contributed by atoms with E-state index < -0.39 is 13.6 Å². The minimum Gasteiger partial charge on any atom is -0.469 e. The van der Waals surface area contributed by atoms with Crippen molar-refractivity contribution in [1.82, 2.24) is 0 Å². The third-order valence-corrected chi connectivity index (χ3v) is 2.86. The van der Waals surface area contributed by atoms with Crippen molar-refractivity contribution in [3.8, 4) is 0 Å². The van der Waals surface area contributed by atoms with Crippen LogP contribution in [0, 0.1) is 37.7 Å². The summed E-state index contributed by atoms with van der Waals surface area (Å²) in [6.45, 7) is 0. The molecule has 0 spiro atoms. The van der Waals surface area contributed by atoms with Crippen molar-refractivity contribution in [1.29, 1.82) is 0 Å². The summed E-state index contributed by atoms with van der Waals surface area (Å²) in [7, 11) is 0.409. The fraction of sp³-hybridized carbons (Fsp3) is 0.800. The minimum absolute atomic E-state index is 0. The molecule has 0 aliphatic carbocycles. The summed E-state index contributed by atoms with van der Waals surface area (Å²) in [6.07, 6.45) is -0.351. The topological polar surface area (TPSA) is 61.8 Å². The number of hydrogen-bond acceptors (Lipinski definition) is 5. The van der Waals surface area contributed by atoms with Gasteiger partial charge in [-0.2, -0.15) is 0 Å². The van der Waals surface area contributed by atoms with Gasteiger partial charge in [-0.25, -0.2) is 0 Å². The standard InChI is InChI=1S/C5H11O5P.Ar/c1-8-5(6)4-11(7,9-2)10-3;/h4H2,1-3H3;. The Morgan fingerprint density at radius 2 is 1.67 bits per heavy atom. The zero-order valence-electron chi connectivity index (χ0n) is 7.05. The second-order valence-electron chi connectivity index (χ2n) is 1.71. The van der Waals surface area contributed by atoms with Gasteiger partial charge in [-0.3, -0.25) is 9.36 Å². The van der Waals surface area contributed by atoms with Crippen LogP contribution in [0.1, 0.15) is 0 Å². The van der Waals surface area contributed by atoms with Crippen LogP contribution in [0.3, 0.4) is 0 Å². The van der Waals surface area contributed by atoms with E-state index in [9.17, 15) is 9.36 Å². The van der Waals surface area contributed by atoms with Gasteiger partial charge < -0.3 is 13.8 Å². The third kappa shape index (κ3) is 5.51. The summed E-state index contributed by atoms with van der Waals surface area (Å²) in [4.78, 5) is 10.6. The Hall–Kier alpha value is 0.880. The molecule has 0 bridgehead atoms. The van der Waals surface area contributed by atoms with Crippen molar-refractivity contribution in [3.05, 3.63) is 0 Å². The summed E-state index contributed by atoms with van der Waals surface area (Å²) < 4.78 is 24.4. The molecule has 74 valence electrons. The summed E-state index contributed by atoms with van der Waals surface area (Å²) >= 11 is 0. The number of carbonyl (C=O) groups excluding carboxylic acids is 1. The first-order chi connectivity index (χ1) is 5.08. The van der Waals surface area contributed by atoms with E-state index >= 15 is 0 Å². The number of rotatable bonds is 4. The van der Waals surface area contributed by atoms with Crippen LogP contribution in [0.25, 0.3) is 0 Å². The summed E-state index contributed by atoms with van der Waals surface area (Å²) in [6, 6.07) is 0. The van der Waals surface area contributed by atoms with E-state index in [1.54, 1.807) is 0 Å². The van der Waals surface area contributed by atoms with Gasteiger partial charge in [0.15, 0.2) is 0 Å². The fourth-order valence-corrected chi connectivity index (χ4v) is 1.28. The molecule has 7 heteroatoms. The van der Waals surface area contributed by atoms with Crippen LogP contribution in [0.5, 0.6) is 0 Å². The van der Waals surface area contributed by atoms with Gasteiger partial charge in [-0.05, 0) is 0 Å². The maximum absolute atomic E-state index is 11.2. The van der Waals surface area contributed by atoms with E-state index in [0.29, 0.717) is 0 Å². The van der Waals surface area contributed by atoms with Crippen LogP contribution < -0.4 is 0 Å². The van der Waals surface area contributed by atoms with Crippen LogP contribution in [0.15, 0.2) is 0 Å². The summed E-state index contributed by atoms with van der Waals surface area (Å²) in [5, 5.41) is 0. The molecular formula is C5H11ArO5P. The molecule has 0 aromatic rings. The van der Waals surface area contributed by atoms with Gasteiger partial charge in [-0.1, -0.05) is 0 Å². The molecule has 0 amide bonds. The molecule has 0 aliphatic rings. The van der Waals surface area contributed by atoms with E-state index in [2.05, 4.69) is 13.8 Å². The summed E-state index contributed by atoms with van der Waals surface area (Å²) in [5.74, 6) is -0.614. The molecule has 5 nitrogen and oxygen atoms in total.